The van der Waals surface area contributed by atoms with Crippen molar-refractivity contribution in [2.45, 2.75) is 25.3 Å². The second-order valence-electron chi connectivity index (χ2n) is 5.53. The summed E-state index contributed by atoms with van der Waals surface area (Å²) >= 11 is 0. The first-order chi connectivity index (χ1) is 11.5. The van der Waals surface area contributed by atoms with Crippen molar-refractivity contribution in [2.24, 2.45) is 0 Å². The summed E-state index contributed by atoms with van der Waals surface area (Å²) < 4.78 is 29.5. The lowest BCUT2D eigenvalue weighted by atomic mass is 10.1. The molecule has 3 rings (SSSR count). The predicted molar refractivity (Wildman–Crippen MR) is 95.3 cm³/mol. The van der Waals surface area contributed by atoms with E-state index in [-0.39, 0.29) is 4.90 Å². The lowest BCUT2D eigenvalue weighted by Crippen LogP contribution is -2.14. The average Bonchev–Trinajstić information content (AvgIpc) is 2.98. The maximum absolute atomic E-state index is 12.6. The molecule has 124 valence electrons. The molecule has 0 fully saturated rings. The van der Waals surface area contributed by atoms with Crippen molar-refractivity contribution in [3.63, 3.8) is 0 Å². The summed E-state index contributed by atoms with van der Waals surface area (Å²) in [6.07, 6.45) is 1.85. The Morgan fingerprint density at radius 3 is 2.33 bits per heavy atom. The smallest absolute Gasteiger partial charge is 0.263 e. The first-order valence-corrected chi connectivity index (χ1v) is 9.20. The minimum absolute atomic E-state index is 0.214. The van der Waals surface area contributed by atoms with Gasteiger partial charge >= 0.3 is 0 Å². The Balaban J connectivity index is 2.02. The molecule has 24 heavy (non-hydrogen) atoms. The molecule has 6 heteroatoms. The van der Waals surface area contributed by atoms with E-state index in [0.29, 0.717) is 12.4 Å². The largest absolute Gasteiger partial charge is 0.270 e. The molecule has 5 nitrogen and oxygen atoms in total. The quantitative estimate of drug-likeness (QED) is 0.770. The minimum atomic E-state index is -3.67. The molecule has 0 atom stereocenters. The van der Waals surface area contributed by atoms with Crippen molar-refractivity contribution in [3.05, 3.63) is 66.4 Å². The number of hydrogen-bond donors (Lipinski definition) is 1. The molecule has 0 aliphatic carbocycles. The van der Waals surface area contributed by atoms with Crippen LogP contribution in [0.5, 0.6) is 0 Å². The van der Waals surface area contributed by atoms with Gasteiger partial charge in [0.25, 0.3) is 10.0 Å². The van der Waals surface area contributed by atoms with Gasteiger partial charge in [-0.15, -0.1) is 0 Å². The van der Waals surface area contributed by atoms with Crippen LogP contribution in [0, 0.1) is 6.92 Å². The van der Waals surface area contributed by atoms with Crippen molar-refractivity contribution >= 4 is 15.8 Å². The summed E-state index contributed by atoms with van der Waals surface area (Å²) in [6.45, 7) is 4.63. The van der Waals surface area contributed by atoms with E-state index in [1.165, 1.54) is 0 Å². The fourth-order valence-electron chi connectivity index (χ4n) is 2.39. The molecular formula is C18H19N3O2S. The van der Waals surface area contributed by atoms with Crippen molar-refractivity contribution in [1.82, 2.24) is 9.78 Å². The van der Waals surface area contributed by atoms with E-state index in [2.05, 4.69) is 9.82 Å². The first-order valence-electron chi connectivity index (χ1n) is 7.72. The molecule has 1 aromatic heterocycles. The maximum atomic E-state index is 12.6. The molecule has 0 aliphatic rings. The molecule has 0 spiro atoms. The number of benzene rings is 2. The Hall–Kier alpha value is -2.60. The average molecular weight is 341 g/mol. The first kappa shape index (κ1) is 16.3. The van der Waals surface area contributed by atoms with Crippen molar-refractivity contribution in [1.29, 1.82) is 0 Å². The zero-order valence-corrected chi connectivity index (χ0v) is 14.4. The van der Waals surface area contributed by atoms with Gasteiger partial charge in [-0.2, -0.15) is 5.10 Å². The summed E-state index contributed by atoms with van der Waals surface area (Å²) in [5.74, 6) is 0.338. The molecule has 0 saturated carbocycles. The topological polar surface area (TPSA) is 64.0 Å². The molecule has 0 bridgehead atoms. The van der Waals surface area contributed by atoms with Crippen molar-refractivity contribution in [2.75, 3.05) is 4.72 Å². The molecule has 0 aliphatic heterocycles. The van der Waals surface area contributed by atoms with E-state index >= 15 is 0 Å². The molecule has 0 radical (unpaired) electrons. The SMILES string of the molecule is CCn1cc(-c2ccc(C)cc2)c(NS(=O)(=O)c2ccccc2)n1. The zero-order chi connectivity index (χ0) is 17.2. The third-order valence-corrected chi connectivity index (χ3v) is 5.09. The van der Waals surface area contributed by atoms with E-state index in [9.17, 15) is 8.42 Å². The Labute approximate surface area is 142 Å². The second kappa shape index (κ2) is 6.49. The van der Waals surface area contributed by atoms with Crippen LogP contribution in [-0.2, 0) is 16.6 Å². The number of aromatic nitrogens is 2. The maximum Gasteiger partial charge on any atom is 0.263 e. The van der Waals surface area contributed by atoms with E-state index in [0.717, 1.165) is 16.7 Å². The van der Waals surface area contributed by atoms with Crippen LogP contribution in [0.1, 0.15) is 12.5 Å². The summed E-state index contributed by atoms with van der Waals surface area (Å²) in [5.41, 5.74) is 2.83. The Bertz CT molecular complexity index is 930. The number of rotatable bonds is 5. The molecule has 1 heterocycles. The number of hydrogen-bond acceptors (Lipinski definition) is 3. The Kier molecular flexibility index (Phi) is 4.40. The van der Waals surface area contributed by atoms with Crippen LogP contribution < -0.4 is 4.72 Å². The van der Waals surface area contributed by atoms with Crippen molar-refractivity contribution < 1.29 is 8.42 Å². The molecular weight excluding hydrogens is 322 g/mol. The molecule has 0 amide bonds. The third kappa shape index (κ3) is 3.33. The van der Waals surface area contributed by atoms with Gasteiger partial charge in [-0.25, -0.2) is 8.42 Å². The van der Waals surface area contributed by atoms with E-state index in [4.69, 9.17) is 0 Å². The highest BCUT2D eigenvalue weighted by Crippen LogP contribution is 2.29. The highest BCUT2D eigenvalue weighted by atomic mass is 32.2. The van der Waals surface area contributed by atoms with Gasteiger partial charge in [0.15, 0.2) is 5.82 Å². The van der Waals surface area contributed by atoms with Gasteiger partial charge in [0.1, 0.15) is 0 Å². The van der Waals surface area contributed by atoms with Crippen LogP contribution >= 0.6 is 0 Å². The Morgan fingerprint density at radius 2 is 1.71 bits per heavy atom. The molecule has 0 unspecified atom stereocenters. The van der Waals surface area contributed by atoms with Gasteiger partial charge in [0.05, 0.1) is 4.90 Å². The second-order valence-corrected chi connectivity index (χ2v) is 7.21. The van der Waals surface area contributed by atoms with Gasteiger partial charge in [0.2, 0.25) is 0 Å². The van der Waals surface area contributed by atoms with Gasteiger partial charge in [-0.3, -0.25) is 9.40 Å². The lowest BCUT2D eigenvalue weighted by Gasteiger charge is -2.08. The van der Waals surface area contributed by atoms with Crippen LogP contribution in [0.3, 0.4) is 0 Å². The van der Waals surface area contributed by atoms with Gasteiger partial charge in [-0.1, -0.05) is 48.0 Å². The number of nitrogens with one attached hydrogen (secondary N) is 1. The van der Waals surface area contributed by atoms with Crippen LogP contribution in [0.2, 0.25) is 0 Å². The minimum Gasteiger partial charge on any atom is -0.270 e. The van der Waals surface area contributed by atoms with Gasteiger partial charge in [0, 0.05) is 18.3 Å². The number of aryl methyl sites for hydroxylation is 2. The summed E-state index contributed by atoms with van der Waals surface area (Å²) in [6, 6.07) is 16.2. The monoisotopic (exact) mass is 341 g/mol. The summed E-state index contributed by atoms with van der Waals surface area (Å²) in [7, 11) is -3.67. The normalized spacial score (nSPS) is 11.4. The fraction of sp³-hybridized carbons (Fsp3) is 0.167. The number of sulfonamides is 1. The molecule has 1 N–H and O–H groups in total. The number of nitrogens with zero attached hydrogens (tertiary/aromatic N) is 2. The third-order valence-electron chi connectivity index (χ3n) is 3.73. The highest BCUT2D eigenvalue weighted by Gasteiger charge is 2.19. The van der Waals surface area contributed by atoms with Crippen LogP contribution in [-0.4, -0.2) is 18.2 Å². The summed E-state index contributed by atoms with van der Waals surface area (Å²) in [5, 5.41) is 4.36. The fourth-order valence-corrected chi connectivity index (χ4v) is 3.43. The van der Waals surface area contributed by atoms with E-state index < -0.39 is 10.0 Å². The lowest BCUT2D eigenvalue weighted by molar-refractivity contribution is 0.600. The standard InChI is InChI=1S/C18H19N3O2S/c1-3-21-13-17(15-11-9-14(2)10-12-15)18(19-21)20-24(22,23)16-7-5-4-6-8-16/h4-13H,3H2,1-2H3,(H,19,20). The van der Waals surface area contributed by atoms with Gasteiger partial charge in [-0.05, 0) is 31.5 Å². The molecule has 0 saturated heterocycles. The van der Waals surface area contributed by atoms with Crippen LogP contribution in [0.15, 0.2) is 65.7 Å². The van der Waals surface area contributed by atoms with E-state index in [1.807, 2.05) is 44.3 Å². The summed E-state index contributed by atoms with van der Waals surface area (Å²) in [4.78, 5) is 0.214. The predicted octanol–water partition coefficient (Wildman–Crippen LogP) is 3.68. The number of anilines is 1. The van der Waals surface area contributed by atoms with Crippen LogP contribution in [0.25, 0.3) is 11.1 Å². The van der Waals surface area contributed by atoms with Gasteiger partial charge < -0.3 is 0 Å². The van der Waals surface area contributed by atoms with E-state index in [1.54, 1.807) is 35.0 Å². The molecule has 2 aromatic carbocycles. The highest BCUT2D eigenvalue weighted by molar-refractivity contribution is 7.92. The zero-order valence-electron chi connectivity index (χ0n) is 13.6. The van der Waals surface area contributed by atoms with Crippen LogP contribution in [0.4, 0.5) is 5.82 Å². The molecule has 3 aromatic rings. The van der Waals surface area contributed by atoms with Crippen molar-refractivity contribution in [3.8, 4) is 11.1 Å². The Morgan fingerprint density at radius 1 is 1.04 bits per heavy atom.